The second-order valence-electron chi connectivity index (χ2n) is 5.01. The predicted molar refractivity (Wildman–Crippen MR) is 87.9 cm³/mol. The van der Waals surface area contributed by atoms with Crippen molar-refractivity contribution in [2.45, 2.75) is 13.0 Å². The summed E-state index contributed by atoms with van der Waals surface area (Å²) < 4.78 is 14.3. The third kappa shape index (κ3) is 3.22. The molecule has 1 heterocycles. The molecule has 0 aliphatic rings. The maximum atomic E-state index is 13.2. The molecule has 1 aromatic heterocycles. The maximum Gasteiger partial charge on any atom is 0.141 e. The highest BCUT2D eigenvalue weighted by Gasteiger charge is 2.07. The Labute approximate surface area is 131 Å². The van der Waals surface area contributed by atoms with Gasteiger partial charge in [-0.2, -0.15) is 0 Å². The fourth-order valence-corrected chi connectivity index (χ4v) is 2.68. The number of nitrogens with zero attached hydrogens (tertiary/aromatic N) is 1. The van der Waals surface area contributed by atoms with Gasteiger partial charge in [-0.05, 0) is 53.6 Å². The lowest BCUT2D eigenvalue weighted by Gasteiger charge is -2.16. The molecule has 0 bridgehead atoms. The molecule has 0 spiro atoms. The predicted octanol–water partition coefficient (Wildman–Crippen LogP) is 5.31. The van der Waals surface area contributed by atoms with Crippen LogP contribution in [0.3, 0.4) is 0 Å². The molecule has 3 rings (SSSR count). The molecule has 106 valence electrons. The van der Waals surface area contributed by atoms with Gasteiger partial charge in [0.1, 0.15) is 5.82 Å². The Bertz CT molecular complexity index is 789. The van der Waals surface area contributed by atoms with Crippen LogP contribution >= 0.6 is 15.9 Å². The smallest absolute Gasteiger partial charge is 0.141 e. The van der Waals surface area contributed by atoms with E-state index in [2.05, 4.69) is 50.5 Å². The number of anilines is 1. The van der Waals surface area contributed by atoms with Crippen LogP contribution in [-0.4, -0.2) is 4.98 Å². The lowest BCUT2D eigenvalue weighted by molar-refractivity contribution is 0.616. The molecule has 0 aliphatic carbocycles. The normalized spacial score (nSPS) is 12.3. The number of pyridine rings is 1. The van der Waals surface area contributed by atoms with Gasteiger partial charge in [0.25, 0.3) is 0 Å². The molecule has 0 aliphatic heterocycles. The van der Waals surface area contributed by atoms with E-state index in [0.29, 0.717) is 0 Å². The van der Waals surface area contributed by atoms with Crippen molar-refractivity contribution in [2.24, 2.45) is 0 Å². The van der Waals surface area contributed by atoms with Gasteiger partial charge >= 0.3 is 0 Å². The van der Waals surface area contributed by atoms with Crippen LogP contribution in [0.1, 0.15) is 18.5 Å². The van der Waals surface area contributed by atoms with E-state index in [0.717, 1.165) is 21.1 Å². The number of benzene rings is 2. The molecular weight excluding hydrogens is 331 g/mol. The molecule has 21 heavy (non-hydrogen) atoms. The number of halogens is 2. The van der Waals surface area contributed by atoms with Crippen LogP contribution < -0.4 is 5.32 Å². The number of rotatable bonds is 3. The zero-order valence-corrected chi connectivity index (χ0v) is 13.1. The molecule has 1 unspecified atom stereocenters. The zero-order valence-electron chi connectivity index (χ0n) is 11.5. The van der Waals surface area contributed by atoms with Gasteiger partial charge in [0.2, 0.25) is 0 Å². The molecule has 0 saturated heterocycles. The summed E-state index contributed by atoms with van der Waals surface area (Å²) in [6.45, 7) is 1.99. The van der Waals surface area contributed by atoms with Gasteiger partial charge in [0.05, 0.1) is 12.2 Å². The molecule has 0 amide bonds. The Morgan fingerprint density at radius 1 is 1.05 bits per heavy atom. The van der Waals surface area contributed by atoms with Crippen molar-refractivity contribution in [3.63, 3.8) is 0 Å². The molecule has 0 saturated carbocycles. The summed E-state index contributed by atoms with van der Waals surface area (Å²) in [5, 5.41) is 5.71. The number of hydrogen-bond donors (Lipinski definition) is 1. The van der Waals surface area contributed by atoms with E-state index in [4.69, 9.17) is 0 Å². The Morgan fingerprint density at radius 2 is 1.81 bits per heavy atom. The van der Waals surface area contributed by atoms with Crippen LogP contribution in [0.5, 0.6) is 0 Å². The molecule has 1 atom stereocenters. The van der Waals surface area contributed by atoms with Gasteiger partial charge in [-0.15, -0.1) is 0 Å². The SMILES string of the molecule is CC(Nc1ccc2cc(Br)ccc2c1)c1cncc(F)c1. The first kappa shape index (κ1) is 14.0. The van der Waals surface area contributed by atoms with Crippen molar-refractivity contribution in [1.29, 1.82) is 0 Å². The fourth-order valence-electron chi connectivity index (χ4n) is 2.30. The van der Waals surface area contributed by atoms with E-state index in [1.165, 1.54) is 17.6 Å². The van der Waals surface area contributed by atoms with Crippen LogP contribution in [0.15, 0.2) is 59.3 Å². The van der Waals surface area contributed by atoms with Gasteiger partial charge in [-0.3, -0.25) is 4.98 Å². The molecule has 2 aromatic carbocycles. The Kier molecular flexibility index (Phi) is 3.88. The average molecular weight is 345 g/mol. The van der Waals surface area contributed by atoms with E-state index >= 15 is 0 Å². The van der Waals surface area contributed by atoms with Gasteiger partial charge in [0, 0.05) is 16.4 Å². The van der Waals surface area contributed by atoms with Crippen molar-refractivity contribution < 1.29 is 4.39 Å². The summed E-state index contributed by atoms with van der Waals surface area (Å²) in [7, 11) is 0. The van der Waals surface area contributed by atoms with E-state index in [1.807, 2.05) is 19.1 Å². The monoisotopic (exact) mass is 344 g/mol. The highest BCUT2D eigenvalue weighted by atomic mass is 79.9. The molecule has 3 aromatic rings. The third-order valence-corrected chi connectivity index (χ3v) is 3.90. The van der Waals surface area contributed by atoms with E-state index < -0.39 is 0 Å². The van der Waals surface area contributed by atoms with E-state index in [1.54, 1.807) is 6.20 Å². The number of aromatic nitrogens is 1. The Balaban J connectivity index is 1.86. The van der Waals surface area contributed by atoms with E-state index in [-0.39, 0.29) is 11.9 Å². The number of hydrogen-bond acceptors (Lipinski definition) is 2. The average Bonchev–Trinajstić information content (AvgIpc) is 2.47. The molecule has 4 heteroatoms. The summed E-state index contributed by atoms with van der Waals surface area (Å²) in [6, 6.07) is 13.8. The lowest BCUT2D eigenvalue weighted by atomic mass is 10.1. The van der Waals surface area contributed by atoms with Crippen LogP contribution in [0, 0.1) is 5.82 Å². The van der Waals surface area contributed by atoms with Crippen LogP contribution in [0.25, 0.3) is 10.8 Å². The minimum atomic E-state index is -0.315. The summed E-state index contributed by atoms with van der Waals surface area (Å²) in [5.74, 6) is -0.315. The van der Waals surface area contributed by atoms with Crippen molar-refractivity contribution in [2.75, 3.05) is 5.32 Å². The second-order valence-corrected chi connectivity index (χ2v) is 5.92. The standard InChI is InChI=1S/C17H14BrFN2/c1-11(14-7-16(19)10-20-9-14)21-17-5-3-12-6-15(18)4-2-13(12)8-17/h2-11,21H,1H3. The highest BCUT2D eigenvalue weighted by molar-refractivity contribution is 9.10. The first-order chi connectivity index (χ1) is 10.1. The lowest BCUT2D eigenvalue weighted by Crippen LogP contribution is -2.07. The first-order valence-electron chi connectivity index (χ1n) is 6.68. The van der Waals surface area contributed by atoms with Gasteiger partial charge < -0.3 is 5.32 Å². The van der Waals surface area contributed by atoms with Crippen LogP contribution in [-0.2, 0) is 0 Å². The topological polar surface area (TPSA) is 24.9 Å². The van der Waals surface area contributed by atoms with Gasteiger partial charge in [0.15, 0.2) is 0 Å². The Hall–Kier alpha value is -1.94. The quantitative estimate of drug-likeness (QED) is 0.696. The van der Waals surface area contributed by atoms with Crippen LogP contribution in [0.4, 0.5) is 10.1 Å². The van der Waals surface area contributed by atoms with Gasteiger partial charge in [-0.25, -0.2) is 4.39 Å². The van der Waals surface area contributed by atoms with Crippen molar-refractivity contribution in [1.82, 2.24) is 4.98 Å². The second kappa shape index (κ2) is 5.82. The molecule has 1 N–H and O–H groups in total. The number of nitrogens with one attached hydrogen (secondary N) is 1. The number of fused-ring (bicyclic) bond motifs is 1. The molecule has 0 radical (unpaired) electrons. The zero-order chi connectivity index (χ0) is 14.8. The minimum Gasteiger partial charge on any atom is -0.378 e. The molecular formula is C17H14BrFN2. The molecule has 2 nitrogen and oxygen atoms in total. The largest absolute Gasteiger partial charge is 0.378 e. The van der Waals surface area contributed by atoms with Crippen molar-refractivity contribution >= 4 is 32.4 Å². The summed E-state index contributed by atoms with van der Waals surface area (Å²) in [4.78, 5) is 3.89. The maximum absolute atomic E-state index is 13.2. The summed E-state index contributed by atoms with van der Waals surface area (Å²) >= 11 is 3.47. The van der Waals surface area contributed by atoms with E-state index in [9.17, 15) is 4.39 Å². The summed E-state index contributed by atoms with van der Waals surface area (Å²) in [5.41, 5.74) is 1.83. The molecule has 0 fully saturated rings. The third-order valence-electron chi connectivity index (χ3n) is 3.41. The van der Waals surface area contributed by atoms with Crippen molar-refractivity contribution in [3.05, 3.63) is 70.7 Å². The fraction of sp³-hybridized carbons (Fsp3) is 0.118. The minimum absolute atomic E-state index is 0.0129. The Morgan fingerprint density at radius 3 is 2.62 bits per heavy atom. The van der Waals surface area contributed by atoms with Crippen LogP contribution in [0.2, 0.25) is 0 Å². The summed E-state index contributed by atoms with van der Waals surface area (Å²) in [6.07, 6.45) is 2.89. The van der Waals surface area contributed by atoms with Gasteiger partial charge in [-0.1, -0.05) is 28.1 Å². The first-order valence-corrected chi connectivity index (χ1v) is 7.47. The highest BCUT2D eigenvalue weighted by Crippen LogP contribution is 2.25. The van der Waals surface area contributed by atoms with Crippen molar-refractivity contribution in [3.8, 4) is 0 Å².